The Kier molecular flexibility index (Phi) is 4.52. The number of hydrogen-bond donors (Lipinski definition) is 1. The second kappa shape index (κ2) is 6.53. The Balaban J connectivity index is 2.27. The van der Waals surface area contributed by atoms with Gasteiger partial charge in [0.15, 0.2) is 11.5 Å². The fourth-order valence-electron chi connectivity index (χ4n) is 1.56. The maximum absolute atomic E-state index is 11.9. The summed E-state index contributed by atoms with van der Waals surface area (Å²) in [5.74, 6) is -0.284. The molecule has 8 nitrogen and oxygen atoms in total. The van der Waals surface area contributed by atoms with Gasteiger partial charge in [0.2, 0.25) is 0 Å². The molecule has 0 aliphatic carbocycles. The molecular formula is C14H13N3O5. The summed E-state index contributed by atoms with van der Waals surface area (Å²) in [4.78, 5) is 27.3. The predicted octanol–water partition coefficient (Wildman–Crippen LogP) is 3.21. The van der Waals surface area contributed by atoms with Crippen LogP contribution in [-0.2, 0) is 0 Å². The number of furan rings is 1. The van der Waals surface area contributed by atoms with Gasteiger partial charge in [0.05, 0.1) is 28.7 Å². The number of nitro benzene ring substituents is 1. The van der Waals surface area contributed by atoms with Crippen molar-refractivity contribution in [3.63, 3.8) is 0 Å². The minimum atomic E-state index is -0.585. The molecule has 0 spiro atoms. The van der Waals surface area contributed by atoms with E-state index in [0.717, 1.165) is 0 Å². The van der Waals surface area contributed by atoms with Gasteiger partial charge in [-0.15, -0.1) is 0 Å². The van der Waals surface area contributed by atoms with Crippen LogP contribution >= 0.6 is 0 Å². The lowest BCUT2D eigenvalue weighted by Gasteiger charge is -2.06. The number of nitro groups is 1. The topological polar surface area (TPSA) is 107 Å². The molecular weight excluding hydrogens is 290 g/mol. The van der Waals surface area contributed by atoms with Gasteiger partial charge in [0, 0.05) is 12.1 Å². The fourth-order valence-corrected chi connectivity index (χ4v) is 1.56. The van der Waals surface area contributed by atoms with Crippen LogP contribution in [0.25, 0.3) is 0 Å². The second-order valence-corrected chi connectivity index (χ2v) is 4.53. The highest BCUT2D eigenvalue weighted by Gasteiger charge is 2.14. The van der Waals surface area contributed by atoms with Crippen LogP contribution in [0.4, 0.5) is 11.4 Å². The van der Waals surface area contributed by atoms with Crippen molar-refractivity contribution in [2.45, 2.75) is 13.8 Å². The third-order valence-corrected chi connectivity index (χ3v) is 2.44. The normalized spacial score (nSPS) is 9.91. The van der Waals surface area contributed by atoms with Crippen LogP contribution in [0, 0.1) is 10.1 Å². The number of carbonyl (C=O) groups excluding carboxylic acids is 1. The van der Waals surface area contributed by atoms with Crippen molar-refractivity contribution in [1.82, 2.24) is 0 Å². The van der Waals surface area contributed by atoms with Crippen molar-refractivity contribution in [2.24, 2.45) is 5.16 Å². The van der Waals surface area contributed by atoms with Crippen molar-refractivity contribution in [3.05, 3.63) is 52.5 Å². The molecule has 22 heavy (non-hydrogen) atoms. The Morgan fingerprint density at radius 3 is 2.73 bits per heavy atom. The molecule has 114 valence electrons. The van der Waals surface area contributed by atoms with Crippen molar-refractivity contribution < 1.29 is 19.0 Å². The molecule has 0 aliphatic rings. The van der Waals surface area contributed by atoms with Gasteiger partial charge >= 0.3 is 0 Å². The lowest BCUT2D eigenvalue weighted by atomic mass is 10.2. The van der Waals surface area contributed by atoms with Crippen LogP contribution in [0.15, 0.2) is 46.2 Å². The number of rotatable bonds is 5. The zero-order valence-corrected chi connectivity index (χ0v) is 11.9. The zero-order valence-electron chi connectivity index (χ0n) is 11.9. The average Bonchev–Trinajstić information content (AvgIpc) is 2.99. The highest BCUT2D eigenvalue weighted by molar-refractivity contribution is 6.02. The number of benzene rings is 1. The van der Waals surface area contributed by atoms with E-state index in [4.69, 9.17) is 9.25 Å². The molecule has 0 radical (unpaired) electrons. The summed E-state index contributed by atoms with van der Waals surface area (Å²) in [6.45, 7) is 3.44. The van der Waals surface area contributed by atoms with E-state index < -0.39 is 10.8 Å². The second-order valence-electron chi connectivity index (χ2n) is 4.53. The molecule has 0 saturated heterocycles. The quantitative estimate of drug-likeness (QED) is 0.518. The minimum absolute atomic E-state index is 0.0939. The number of oxime groups is 1. The van der Waals surface area contributed by atoms with Gasteiger partial charge in [0.1, 0.15) is 0 Å². The van der Waals surface area contributed by atoms with Crippen LogP contribution in [0.5, 0.6) is 5.75 Å². The number of nitrogens with zero attached hydrogens (tertiary/aromatic N) is 2. The summed E-state index contributed by atoms with van der Waals surface area (Å²) in [6, 6.07) is 6.91. The van der Waals surface area contributed by atoms with Gasteiger partial charge in [0.25, 0.3) is 11.6 Å². The number of carbonyl (C=O) groups is 1. The molecule has 1 aromatic heterocycles. The van der Waals surface area contributed by atoms with E-state index in [2.05, 4.69) is 10.5 Å². The van der Waals surface area contributed by atoms with E-state index in [-0.39, 0.29) is 22.9 Å². The van der Waals surface area contributed by atoms with Crippen molar-refractivity contribution in [2.75, 3.05) is 5.32 Å². The summed E-state index contributed by atoms with van der Waals surface area (Å²) in [7, 11) is 0. The summed E-state index contributed by atoms with van der Waals surface area (Å²) >= 11 is 0. The zero-order chi connectivity index (χ0) is 16.1. The molecule has 0 saturated carbocycles. The van der Waals surface area contributed by atoms with Gasteiger partial charge in [-0.2, -0.15) is 0 Å². The van der Waals surface area contributed by atoms with Crippen LogP contribution in [-0.4, -0.2) is 16.5 Å². The lowest BCUT2D eigenvalue weighted by Crippen LogP contribution is -2.11. The van der Waals surface area contributed by atoms with E-state index >= 15 is 0 Å². The first-order chi connectivity index (χ1) is 10.5. The SMILES string of the molecule is CC(C)=NOc1cc(NC(=O)c2ccco2)cc([N+](=O)[O-])c1. The third kappa shape index (κ3) is 3.92. The first-order valence-corrected chi connectivity index (χ1v) is 6.28. The van der Waals surface area contributed by atoms with Crippen LogP contribution in [0.1, 0.15) is 24.4 Å². The van der Waals surface area contributed by atoms with E-state index in [1.165, 1.54) is 30.5 Å². The molecule has 1 aromatic carbocycles. The van der Waals surface area contributed by atoms with E-state index in [0.29, 0.717) is 5.71 Å². The molecule has 0 fully saturated rings. The average molecular weight is 303 g/mol. The fraction of sp³-hybridized carbons (Fsp3) is 0.143. The van der Waals surface area contributed by atoms with Gasteiger partial charge in [-0.1, -0.05) is 5.16 Å². The standard InChI is InChI=1S/C14H13N3O5/c1-9(2)16-22-12-7-10(6-11(8-12)17(19)20)15-14(18)13-4-3-5-21-13/h3-8H,1-2H3,(H,15,18). The summed E-state index contributed by atoms with van der Waals surface area (Å²) in [5.41, 5.74) is 0.624. The third-order valence-electron chi connectivity index (χ3n) is 2.44. The van der Waals surface area contributed by atoms with Crippen LogP contribution < -0.4 is 10.2 Å². The van der Waals surface area contributed by atoms with E-state index in [1.54, 1.807) is 19.9 Å². The Labute approximate surface area is 125 Å². The number of hydrogen-bond acceptors (Lipinski definition) is 6. The molecule has 0 aliphatic heterocycles. The highest BCUT2D eigenvalue weighted by atomic mass is 16.6. The first kappa shape index (κ1) is 15.2. The molecule has 0 bridgehead atoms. The van der Waals surface area contributed by atoms with Crippen LogP contribution in [0.3, 0.4) is 0 Å². The molecule has 8 heteroatoms. The van der Waals surface area contributed by atoms with Crippen molar-refractivity contribution >= 4 is 23.0 Å². The van der Waals surface area contributed by atoms with Crippen LogP contribution in [0.2, 0.25) is 0 Å². The Bertz CT molecular complexity index is 718. The molecule has 1 heterocycles. The van der Waals surface area contributed by atoms with E-state index in [9.17, 15) is 14.9 Å². The van der Waals surface area contributed by atoms with E-state index in [1.807, 2.05) is 0 Å². The number of anilines is 1. The number of nitrogens with one attached hydrogen (secondary N) is 1. The van der Waals surface area contributed by atoms with Crippen molar-refractivity contribution in [1.29, 1.82) is 0 Å². The maximum atomic E-state index is 11.9. The smallest absolute Gasteiger partial charge is 0.291 e. The van der Waals surface area contributed by atoms with Gasteiger partial charge in [-0.25, -0.2) is 0 Å². The van der Waals surface area contributed by atoms with Gasteiger partial charge < -0.3 is 14.6 Å². The number of non-ortho nitro benzene ring substituents is 1. The Hall–Kier alpha value is -3.16. The largest absolute Gasteiger partial charge is 0.459 e. The summed E-state index contributed by atoms with van der Waals surface area (Å²) in [6.07, 6.45) is 1.36. The van der Waals surface area contributed by atoms with Gasteiger partial charge in [-0.05, 0) is 26.0 Å². The minimum Gasteiger partial charge on any atom is -0.459 e. The lowest BCUT2D eigenvalue weighted by molar-refractivity contribution is -0.384. The predicted molar refractivity (Wildman–Crippen MR) is 79.2 cm³/mol. The molecule has 2 aromatic rings. The summed E-state index contributed by atoms with van der Waals surface area (Å²) in [5, 5.41) is 17.2. The van der Waals surface area contributed by atoms with Crippen molar-refractivity contribution in [3.8, 4) is 5.75 Å². The molecule has 1 amide bonds. The first-order valence-electron chi connectivity index (χ1n) is 6.28. The number of amides is 1. The summed E-state index contributed by atoms with van der Waals surface area (Å²) < 4.78 is 4.96. The molecule has 2 rings (SSSR count). The maximum Gasteiger partial charge on any atom is 0.291 e. The molecule has 0 atom stereocenters. The Morgan fingerprint density at radius 1 is 1.36 bits per heavy atom. The monoisotopic (exact) mass is 303 g/mol. The highest BCUT2D eigenvalue weighted by Crippen LogP contribution is 2.26. The Morgan fingerprint density at radius 2 is 2.14 bits per heavy atom. The molecule has 0 unspecified atom stereocenters. The van der Waals surface area contributed by atoms with Gasteiger partial charge in [-0.3, -0.25) is 14.9 Å². The molecule has 1 N–H and O–H groups in total.